The maximum absolute atomic E-state index is 13.2. The number of para-hydroxylation sites is 1. The molecule has 0 unspecified atom stereocenters. The molecule has 3 aromatic rings. The van der Waals surface area contributed by atoms with E-state index in [2.05, 4.69) is 4.98 Å². The standard InChI is InChI=1S/C19H21N3O3/c1-12-14-6-4-5-7-17(14)25-18(12)19(23)22-9-15-16(21(2)11-20-15)8-13(22)10-24-3/h4-7,11,13H,8-10H2,1-3H3/t13-/m0/s1. The molecule has 4 rings (SSSR count). The summed E-state index contributed by atoms with van der Waals surface area (Å²) in [5.41, 5.74) is 3.72. The fourth-order valence-electron chi connectivity index (χ4n) is 3.61. The zero-order valence-corrected chi connectivity index (χ0v) is 14.7. The molecule has 1 atom stereocenters. The predicted molar refractivity (Wildman–Crippen MR) is 93.4 cm³/mol. The molecule has 0 radical (unpaired) electrons. The van der Waals surface area contributed by atoms with Crippen molar-refractivity contribution >= 4 is 16.9 Å². The Balaban J connectivity index is 1.73. The lowest BCUT2D eigenvalue weighted by Gasteiger charge is -2.34. The van der Waals surface area contributed by atoms with Crippen LogP contribution in [0.2, 0.25) is 0 Å². The molecule has 0 N–H and O–H groups in total. The van der Waals surface area contributed by atoms with E-state index in [0.29, 0.717) is 18.9 Å². The number of hydrogen-bond donors (Lipinski definition) is 0. The van der Waals surface area contributed by atoms with Crippen molar-refractivity contribution in [1.82, 2.24) is 14.5 Å². The number of fused-ring (bicyclic) bond motifs is 2. The summed E-state index contributed by atoms with van der Waals surface area (Å²) >= 11 is 0. The second kappa shape index (κ2) is 6.04. The zero-order chi connectivity index (χ0) is 17.6. The maximum Gasteiger partial charge on any atom is 0.290 e. The molecule has 2 aromatic heterocycles. The van der Waals surface area contributed by atoms with Crippen molar-refractivity contribution in [1.29, 1.82) is 0 Å². The number of carbonyl (C=O) groups is 1. The quantitative estimate of drug-likeness (QED) is 0.736. The number of ether oxygens (including phenoxy) is 1. The Kier molecular flexibility index (Phi) is 3.84. The van der Waals surface area contributed by atoms with E-state index < -0.39 is 0 Å². The maximum atomic E-state index is 13.2. The summed E-state index contributed by atoms with van der Waals surface area (Å²) in [5.74, 6) is 0.300. The van der Waals surface area contributed by atoms with Crippen LogP contribution < -0.4 is 0 Å². The zero-order valence-electron chi connectivity index (χ0n) is 14.7. The number of hydrogen-bond acceptors (Lipinski definition) is 4. The highest BCUT2D eigenvalue weighted by molar-refractivity contribution is 5.99. The molecule has 1 amide bonds. The summed E-state index contributed by atoms with van der Waals surface area (Å²) in [6.07, 6.45) is 2.53. The number of aryl methyl sites for hydroxylation is 2. The van der Waals surface area contributed by atoms with Crippen molar-refractivity contribution in [2.24, 2.45) is 7.05 Å². The number of aromatic nitrogens is 2. The molecule has 1 aliphatic heterocycles. The Bertz CT molecular complexity index is 941. The summed E-state index contributed by atoms with van der Waals surface area (Å²) in [5, 5.41) is 0.977. The van der Waals surface area contributed by atoms with Gasteiger partial charge >= 0.3 is 0 Å². The number of methoxy groups -OCH3 is 1. The Hall–Kier alpha value is -2.60. The van der Waals surface area contributed by atoms with E-state index in [9.17, 15) is 4.79 Å². The van der Waals surface area contributed by atoms with Gasteiger partial charge in [0.2, 0.25) is 0 Å². The molecule has 25 heavy (non-hydrogen) atoms. The van der Waals surface area contributed by atoms with Gasteiger partial charge in [-0.2, -0.15) is 0 Å². The monoisotopic (exact) mass is 339 g/mol. The van der Waals surface area contributed by atoms with Crippen LogP contribution in [0.1, 0.15) is 27.5 Å². The molecule has 0 spiro atoms. The van der Waals surface area contributed by atoms with E-state index in [1.165, 1.54) is 0 Å². The van der Waals surface area contributed by atoms with E-state index >= 15 is 0 Å². The highest BCUT2D eigenvalue weighted by atomic mass is 16.5. The van der Waals surface area contributed by atoms with Crippen molar-refractivity contribution in [2.45, 2.75) is 25.9 Å². The molecule has 3 heterocycles. The molecule has 130 valence electrons. The first-order valence-corrected chi connectivity index (χ1v) is 8.37. The smallest absolute Gasteiger partial charge is 0.290 e. The molecule has 0 saturated carbocycles. The fourth-order valence-corrected chi connectivity index (χ4v) is 3.61. The summed E-state index contributed by atoms with van der Waals surface area (Å²) in [7, 11) is 3.64. The number of furan rings is 1. The third kappa shape index (κ3) is 2.53. The van der Waals surface area contributed by atoms with Crippen LogP contribution in [-0.4, -0.2) is 40.1 Å². The van der Waals surface area contributed by atoms with Gasteiger partial charge in [0.15, 0.2) is 5.76 Å². The Morgan fingerprint density at radius 2 is 2.20 bits per heavy atom. The minimum Gasteiger partial charge on any atom is -0.451 e. The molecule has 1 aliphatic rings. The predicted octanol–water partition coefficient (Wildman–Crippen LogP) is 2.69. The molecule has 0 fully saturated rings. The van der Waals surface area contributed by atoms with Gasteiger partial charge in [0.25, 0.3) is 5.91 Å². The van der Waals surface area contributed by atoms with Gasteiger partial charge in [0.05, 0.1) is 31.2 Å². The van der Waals surface area contributed by atoms with Gasteiger partial charge in [0, 0.05) is 37.2 Å². The van der Waals surface area contributed by atoms with Gasteiger partial charge in [-0.3, -0.25) is 4.79 Å². The number of rotatable bonds is 3. The third-order valence-electron chi connectivity index (χ3n) is 4.99. The molecular weight excluding hydrogens is 318 g/mol. The van der Waals surface area contributed by atoms with Gasteiger partial charge in [-0.05, 0) is 13.0 Å². The number of imidazole rings is 1. The lowest BCUT2D eigenvalue weighted by Crippen LogP contribution is -2.47. The van der Waals surface area contributed by atoms with E-state index in [-0.39, 0.29) is 11.9 Å². The number of carbonyl (C=O) groups excluding carboxylic acids is 1. The topological polar surface area (TPSA) is 60.5 Å². The van der Waals surface area contributed by atoms with Crippen molar-refractivity contribution in [2.75, 3.05) is 13.7 Å². The number of amides is 1. The van der Waals surface area contributed by atoms with Crippen LogP contribution in [0.15, 0.2) is 35.0 Å². The van der Waals surface area contributed by atoms with E-state index in [1.807, 2.05) is 47.7 Å². The molecule has 0 bridgehead atoms. The summed E-state index contributed by atoms with van der Waals surface area (Å²) in [6.45, 7) is 2.88. The number of nitrogens with zero attached hydrogens (tertiary/aromatic N) is 3. The van der Waals surface area contributed by atoms with Crippen molar-refractivity contribution in [3.63, 3.8) is 0 Å². The van der Waals surface area contributed by atoms with Crippen LogP contribution in [0.25, 0.3) is 11.0 Å². The highest BCUT2D eigenvalue weighted by Crippen LogP contribution is 2.29. The molecule has 0 saturated heterocycles. The van der Waals surface area contributed by atoms with Crippen LogP contribution in [0.3, 0.4) is 0 Å². The Morgan fingerprint density at radius 1 is 1.40 bits per heavy atom. The first-order chi connectivity index (χ1) is 12.1. The summed E-state index contributed by atoms with van der Waals surface area (Å²) < 4.78 is 13.3. The van der Waals surface area contributed by atoms with Crippen LogP contribution in [0.5, 0.6) is 0 Å². The first kappa shape index (κ1) is 15.9. The second-order valence-electron chi connectivity index (χ2n) is 6.55. The van der Waals surface area contributed by atoms with Gasteiger partial charge in [-0.15, -0.1) is 0 Å². The number of benzene rings is 1. The minimum absolute atomic E-state index is 0.0342. The highest BCUT2D eigenvalue weighted by Gasteiger charge is 2.34. The van der Waals surface area contributed by atoms with Gasteiger partial charge < -0.3 is 18.6 Å². The molecule has 6 nitrogen and oxygen atoms in total. The summed E-state index contributed by atoms with van der Waals surface area (Å²) in [4.78, 5) is 19.5. The average Bonchev–Trinajstić information content (AvgIpc) is 3.15. The molecule has 0 aliphatic carbocycles. The Morgan fingerprint density at radius 3 is 2.96 bits per heavy atom. The van der Waals surface area contributed by atoms with Crippen molar-refractivity contribution in [3.8, 4) is 0 Å². The molecule has 1 aromatic carbocycles. The lowest BCUT2D eigenvalue weighted by molar-refractivity contribution is 0.0441. The van der Waals surface area contributed by atoms with E-state index in [4.69, 9.17) is 9.15 Å². The van der Waals surface area contributed by atoms with Crippen LogP contribution in [-0.2, 0) is 24.8 Å². The molecule has 6 heteroatoms. The third-order valence-corrected chi connectivity index (χ3v) is 4.99. The first-order valence-electron chi connectivity index (χ1n) is 8.37. The lowest BCUT2D eigenvalue weighted by atomic mass is 10.0. The van der Waals surface area contributed by atoms with Crippen LogP contribution >= 0.6 is 0 Å². The van der Waals surface area contributed by atoms with Crippen molar-refractivity contribution in [3.05, 3.63) is 53.3 Å². The van der Waals surface area contributed by atoms with Crippen LogP contribution in [0, 0.1) is 6.92 Å². The minimum atomic E-state index is -0.105. The summed E-state index contributed by atoms with van der Waals surface area (Å²) in [6, 6.07) is 7.69. The normalized spacial score (nSPS) is 17.1. The fraction of sp³-hybridized carbons (Fsp3) is 0.368. The SMILES string of the molecule is COC[C@@H]1Cc2c(ncn2C)CN1C(=O)c1oc2ccccc2c1C. The molecular formula is C19H21N3O3. The largest absolute Gasteiger partial charge is 0.451 e. The van der Waals surface area contributed by atoms with E-state index in [0.717, 1.165) is 34.3 Å². The van der Waals surface area contributed by atoms with E-state index in [1.54, 1.807) is 13.4 Å². The van der Waals surface area contributed by atoms with Gasteiger partial charge in [-0.25, -0.2) is 4.98 Å². The van der Waals surface area contributed by atoms with Crippen molar-refractivity contribution < 1.29 is 13.9 Å². The van der Waals surface area contributed by atoms with Gasteiger partial charge in [0.1, 0.15) is 5.58 Å². The van der Waals surface area contributed by atoms with Gasteiger partial charge in [-0.1, -0.05) is 18.2 Å². The Labute approximate surface area is 146 Å². The second-order valence-corrected chi connectivity index (χ2v) is 6.55. The average molecular weight is 339 g/mol. The van der Waals surface area contributed by atoms with Crippen LogP contribution in [0.4, 0.5) is 0 Å².